The van der Waals surface area contributed by atoms with Crippen LogP contribution in [0.2, 0.25) is 0 Å². The molecule has 0 saturated heterocycles. The molecule has 0 spiro atoms. The Morgan fingerprint density at radius 3 is 2.63 bits per heavy atom. The van der Waals surface area contributed by atoms with Gasteiger partial charge in [0.2, 0.25) is 0 Å². The number of H-pyrrole nitrogens is 2. The minimum Gasteiger partial charge on any atom is -0.344 e. The zero-order chi connectivity index (χ0) is 19.0. The zero-order valence-corrected chi connectivity index (χ0v) is 15.7. The van der Waals surface area contributed by atoms with Gasteiger partial charge in [-0.1, -0.05) is 35.9 Å². The molecule has 2 aromatic heterocycles. The Bertz CT molecular complexity index is 1170. The van der Waals surface area contributed by atoms with E-state index in [4.69, 9.17) is 0 Å². The Labute approximate surface area is 159 Å². The summed E-state index contributed by atoms with van der Waals surface area (Å²) in [5.41, 5.74) is 4.70. The van der Waals surface area contributed by atoms with E-state index in [1.807, 2.05) is 56.3 Å². The monoisotopic (exact) mass is 378 g/mol. The lowest BCUT2D eigenvalue weighted by molar-refractivity contribution is 0.0935. The molecule has 6 nitrogen and oxygen atoms in total. The van der Waals surface area contributed by atoms with Crippen LogP contribution in [-0.4, -0.2) is 20.9 Å². The predicted octanol–water partition coefficient (Wildman–Crippen LogP) is 3.78. The molecule has 0 bridgehead atoms. The van der Waals surface area contributed by atoms with Crippen molar-refractivity contribution < 1.29 is 4.79 Å². The smallest absolute Gasteiger partial charge is 0.323 e. The largest absolute Gasteiger partial charge is 0.344 e. The van der Waals surface area contributed by atoms with Gasteiger partial charge in [0.15, 0.2) is 0 Å². The first kappa shape index (κ1) is 17.2. The topological polar surface area (TPSA) is 90.6 Å². The molecule has 0 aliphatic heterocycles. The molecule has 2 aromatic carbocycles. The van der Waals surface area contributed by atoms with Crippen LogP contribution < -0.4 is 11.0 Å². The Hall–Kier alpha value is -3.19. The quantitative estimate of drug-likeness (QED) is 0.505. The summed E-state index contributed by atoms with van der Waals surface area (Å²) in [4.78, 5) is 33.8. The maximum Gasteiger partial charge on any atom is 0.323 e. The van der Waals surface area contributed by atoms with Gasteiger partial charge in [-0.2, -0.15) is 0 Å². The zero-order valence-electron chi connectivity index (χ0n) is 14.9. The van der Waals surface area contributed by atoms with Crippen LogP contribution in [-0.2, 0) is 0 Å². The van der Waals surface area contributed by atoms with Gasteiger partial charge in [-0.15, -0.1) is 11.3 Å². The maximum absolute atomic E-state index is 12.6. The normalized spacial score (nSPS) is 12.2. The minimum atomic E-state index is -0.245. The molecule has 1 atom stereocenters. The molecule has 1 amide bonds. The van der Waals surface area contributed by atoms with E-state index < -0.39 is 0 Å². The van der Waals surface area contributed by atoms with Crippen molar-refractivity contribution in [3.05, 3.63) is 75.1 Å². The second-order valence-electron chi connectivity index (χ2n) is 6.48. The Morgan fingerprint density at radius 1 is 1.11 bits per heavy atom. The first-order valence-electron chi connectivity index (χ1n) is 8.55. The van der Waals surface area contributed by atoms with E-state index in [-0.39, 0.29) is 17.6 Å². The number of amides is 1. The number of nitrogens with zero attached hydrogens (tertiary/aromatic N) is 1. The number of rotatable bonds is 4. The molecular formula is C20H18N4O2S. The lowest BCUT2D eigenvalue weighted by Crippen LogP contribution is -2.26. The number of benzene rings is 2. The van der Waals surface area contributed by atoms with Gasteiger partial charge in [0.05, 0.1) is 17.1 Å². The van der Waals surface area contributed by atoms with Gasteiger partial charge in [0.25, 0.3) is 5.91 Å². The molecule has 0 aliphatic rings. The standard InChI is InChI=1S/C20H18N4O2S/c1-11-3-5-13(6-4-11)19-22-17(10-27-19)18(25)21-12(2)14-7-8-15-16(9-14)24-20(26)23-15/h3-10,12H,1-2H3,(H,21,25)(H2,23,24,26). The SMILES string of the molecule is Cc1ccc(-c2nc(C(=O)NC(C)c3ccc4[nH]c(=O)[nH]c4c3)cs2)cc1. The average molecular weight is 378 g/mol. The van der Waals surface area contributed by atoms with Gasteiger partial charge < -0.3 is 15.3 Å². The van der Waals surface area contributed by atoms with E-state index in [1.165, 1.54) is 16.9 Å². The van der Waals surface area contributed by atoms with Crippen molar-refractivity contribution in [2.24, 2.45) is 0 Å². The number of fused-ring (bicyclic) bond motifs is 1. The fourth-order valence-corrected chi connectivity index (χ4v) is 3.69. The van der Waals surface area contributed by atoms with Crippen LogP contribution in [0.25, 0.3) is 21.6 Å². The fraction of sp³-hybridized carbons (Fsp3) is 0.150. The van der Waals surface area contributed by atoms with E-state index in [2.05, 4.69) is 20.3 Å². The lowest BCUT2D eigenvalue weighted by Gasteiger charge is -2.13. The highest BCUT2D eigenvalue weighted by atomic mass is 32.1. The number of nitrogens with one attached hydrogen (secondary N) is 3. The molecule has 0 saturated carbocycles. The number of imidazole rings is 1. The van der Waals surface area contributed by atoms with Crippen molar-refractivity contribution >= 4 is 28.3 Å². The molecule has 2 heterocycles. The van der Waals surface area contributed by atoms with Crippen molar-refractivity contribution in [3.8, 4) is 10.6 Å². The fourth-order valence-electron chi connectivity index (χ4n) is 2.88. The molecule has 4 aromatic rings. The van der Waals surface area contributed by atoms with Crippen LogP contribution in [0.5, 0.6) is 0 Å². The summed E-state index contributed by atoms with van der Waals surface area (Å²) in [5, 5.41) is 5.55. The van der Waals surface area contributed by atoms with Crippen molar-refractivity contribution in [1.82, 2.24) is 20.3 Å². The van der Waals surface area contributed by atoms with Gasteiger partial charge in [0.1, 0.15) is 10.7 Å². The highest BCUT2D eigenvalue weighted by Crippen LogP contribution is 2.24. The second kappa shape index (κ2) is 6.85. The summed E-state index contributed by atoms with van der Waals surface area (Å²) in [7, 11) is 0. The van der Waals surface area contributed by atoms with Crippen molar-refractivity contribution in [3.63, 3.8) is 0 Å². The molecule has 27 heavy (non-hydrogen) atoms. The summed E-state index contributed by atoms with van der Waals surface area (Å²) < 4.78 is 0. The number of aromatic nitrogens is 3. The van der Waals surface area contributed by atoms with Crippen LogP contribution in [0.3, 0.4) is 0 Å². The molecule has 0 aliphatic carbocycles. The maximum atomic E-state index is 12.6. The molecule has 136 valence electrons. The van der Waals surface area contributed by atoms with Crippen LogP contribution in [0.1, 0.15) is 34.6 Å². The third-order valence-electron chi connectivity index (χ3n) is 4.42. The second-order valence-corrected chi connectivity index (χ2v) is 7.34. The predicted molar refractivity (Wildman–Crippen MR) is 107 cm³/mol. The average Bonchev–Trinajstić information content (AvgIpc) is 3.27. The Morgan fingerprint density at radius 2 is 1.85 bits per heavy atom. The lowest BCUT2D eigenvalue weighted by atomic mass is 10.1. The number of aromatic amines is 2. The van der Waals surface area contributed by atoms with Crippen LogP contribution >= 0.6 is 11.3 Å². The minimum absolute atomic E-state index is 0.218. The van der Waals surface area contributed by atoms with E-state index in [1.54, 1.807) is 5.38 Å². The van der Waals surface area contributed by atoms with Crippen LogP contribution in [0, 0.1) is 6.92 Å². The molecule has 4 rings (SSSR count). The van der Waals surface area contributed by atoms with E-state index in [9.17, 15) is 9.59 Å². The molecule has 0 radical (unpaired) electrons. The van der Waals surface area contributed by atoms with Crippen LogP contribution in [0.4, 0.5) is 0 Å². The van der Waals surface area contributed by atoms with E-state index in [0.717, 1.165) is 21.7 Å². The van der Waals surface area contributed by atoms with Gasteiger partial charge in [-0.3, -0.25) is 4.79 Å². The number of hydrogen-bond donors (Lipinski definition) is 3. The van der Waals surface area contributed by atoms with Gasteiger partial charge >= 0.3 is 5.69 Å². The number of carbonyl (C=O) groups excluding carboxylic acids is 1. The summed E-state index contributed by atoms with van der Waals surface area (Å²) in [6.45, 7) is 3.93. The van der Waals surface area contributed by atoms with Crippen molar-refractivity contribution in [2.45, 2.75) is 19.9 Å². The van der Waals surface area contributed by atoms with Crippen molar-refractivity contribution in [2.75, 3.05) is 0 Å². The number of carbonyl (C=O) groups is 1. The third-order valence-corrected chi connectivity index (χ3v) is 5.31. The molecule has 1 unspecified atom stereocenters. The number of hydrogen-bond acceptors (Lipinski definition) is 4. The Balaban J connectivity index is 1.51. The summed E-state index contributed by atoms with van der Waals surface area (Å²) >= 11 is 1.45. The van der Waals surface area contributed by atoms with E-state index in [0.29, 0.717) is 11.2 Å². The molecular weight excluding hydrogens is 360 g/mol. The highest BCUT2D eigenvalue weighted by Gasteiger charge is 2.16. The van der Waals surface area contributed by atoms with Crippen molar-refractivity contribution in [1.29, 1.82) is 0 Å². The summed E-state index contributed by atoms with van der Waals surface area (Å²) in [5.74, 6) is -0.222. The molecule has 0 fully saturated rings. The van der Waals surface area contributed by atoms with Crippen LogP contribution in [0.15, 0.2) is 52.6 Å². The number of thiazole rings is 1. The molecule has 3 N–H and O–H groups in total. The summed E-state index contributed by atoms with van der Waals surface area (Å²) in [6.07, 6.45) is 0. The number of aryl methyl sites for hydroxylation is 1. The Kier molecular flexibility index (Phi) is 4.37. The molecule has 7 heteroatoms. The third kappa shape index (κ3) is 3.54. The summed E-state index contributed by atoms with van der Waals surface area (Å²) in [6, 6.07) is 13.4. The van der Waals surface area contributed by atoms with E-state index >= 15 is 0 Å². The van der Waals surface area contributed by atoms with Gasteiger partial charge in [0, 0.05) is 10.9 Å². The first-order chi connectivity index (χ1) is 13.0. The van der Waals surface area contributed by atoms with Gasteiger partial charge in [-0.05, 0) is 31.5 Å². The first-order valence-corrected chi connectivity index (χ1v) is 9.43. The highest BCUT2D eigenvalue weighted by molar-refractivity contribution is 7.13. The van der Waals surface area contributed by atoms with Gasteiger partial charge in [-0.25, -0.2) is 9.78 Å².